The molecule has 24 heavy (non-hydrogen) atoms. The minimum absolute atomic E-state index is 0.0764. The number of nitrogens with zero attached hydrogens (tertiary/aromatic N) is 3. The van der Waals surface area contributed by atoms with E-state index >= 15 is 0 Å². The summed E-state index contributed by atoms with van der Waals surface area (Å²) in [6, 6.07) is 13.8. The summed E-state index contributed by atoms with van der Waals surface area (Å²) >= 11 is 0. The molecule has 1 aromatic carbocycles. The molecule has 5 heteroatoms. The molecule has 0 radical (unpaired) electrons. The first-order valence-corrected chi connectivity index (χ1v) is 8.25. The number of carbonyl (C=O) groups excluding carboxylic acids is 1. The largest absolute Gasteiger partial charge is 0.344 e. The fourth-order valence-corrected chi connectivity index (χ4v) is 2.63. The number of rotatable bonds is 6. The van der Waals surface area contributed by atoms with Gasteiger partial charge in [-0.1, -0.05) is 19.1 Å². The molecule has 5 nitrogen and oxygen atoms in total. The first-order valence-electron chi connectivity index (χ1n) is 8.25. The number of aromatic nitrogens is 3. The summed E-state index contributed by atoms with van der Waals surface area (Å²) in [7, 11) is 0. The van der Waals surface area contributed by atoms with Crippen LogP contribution in [0.15, 0.2) is 61.1 Å². The predicted octanol–water partition coefficient (Wildman–Crippen LogP) is 3.57. The Balaban J connectivity index is 1.65. The highest BCUT2D eigenvalue weighted by atomic mass is 16.2. The van der Waals surface area contributed by atoms with E-state index in [0.29, 0.717) is 5.69 Å². The van der Waals surface area contributed by atoms with Crippen molar-refractivity contribution in [2.75, 3.05) is 0 Å². The van der Waals surface area contributed by atoms with Crippen LogP contribution in [0.2, 0.25) is 0 Å². The molecule has 3 aromatic rings. The van der Waals surface area contributed by atoms with Gasteiger partial charge in [-0.05, 0) is 49.2 Å². The van der Waals surface area contributed by atoms with E-state index in [1.54, 1.807) is 10.7 Å². The average molecular weight is 322 g/mol. The molecule has 1 N–H and O–H groups in total. The van der Waals surface area contributed by atoms with Crippen LogP contribution in [0.1, 0.15) is 42.4 Å². The summed E-state index contributed by atoms with van der Waals surface area (Å²) in [5, 5.41) is 7.30. The second-order valence-corrected chi connectivity index (χ2v) is 5.84. The van der Waals surface area contributed by atoms with Gasteiger partial charge >= 0.3 is 0 Å². The Morgan fingerprint density at radius 2 is 1.83 bits per heavy atom. The van der Waals surface area contributed by atoms with E-state index < -0.39 is 0 Å². The lowest BCUT2D eigenvalue weighted by Crippen LogP contribution is -2.27. The molecule has 0 saturated carbocycles. The number of carbonyl (C=O) groups is 1. The van der Waals surface area contributed by atoms with Crippen molar-refractivity contribution in [3.8, 4) is 5.69 Å². The van der Waals surface area contributed by atoms with E-state index in [-0.39, 0.29) is 11.9 Å². The summed E-state index contributed by atoms with van der Waals surface area (Å²) in [5.74, 6) is -0.146. The lowest BCUT2D eigenvalue weighted by Gasteiger charge is -2.14. The molecular formula is C19H22N4O. The Labute approximate surface area is 141 Å². The van der Waals surface area contributed by atoms with Crippen LogP contribution in [-0.2, 0) is 6.54 Å². The number of benzene rings is 1. The van der Waals surface area contributed by atoms with Crippen LogP contribution >= 0.6 is 0 Å². The first kappa shape index (κ1) is 16.1. The average Bonchev–Trinajstić information content (AvgIpc) is 3.27. The van der Waals surface area contributed by atoms with Gasteiger partial charge in [-0.3, -0.25) is 9.48 Å². The molecule has 0 fully saturated rings. The number of amides is 1. The number of nitrogens with one attached hydrogen (secondary N) is 1. The fraction of sp³-hybridized carbons (Fsp3) is 0.263. The Morgan fingerprint density at radius 1 is 1.12 bits per heavy atom. The van der Waals surface area contributed by atoms with Crippen molar-refractivity contribution in [2.24, 2.45) is 0 Å². The summed E-state index contributed by atoms with van der Waals surface area (Å²) in [4.78, 5) is 12.3. The number of hydrogen-bond acceptors (Lipinski definition) is 2. The molecular weight excluding hydrogens is 300 g/mol. The van der Waals surface area contributed by atoms with Crippen molar-refractivity contribution >= 4 is 5.91 Å². The zero-order valence-electron chi connectivity index (χ0n) is 14.0. The molecule has 3 rings (SSSR count). The number of aryl methyl sites for hydroxylation is 1. The van der Waals surface area contributed by atoms with Crippen LogP contribution in [0.5, 0.6) is 0 Å². The van der Waals surface area contributed by atoms with Gasteiger partial charge in [-0.2, -0.15) is 5.10 Å². The van der Waals surface area contributed by atoms with Gasteiger partial charge in [0, 0.05) is 30.8 Å². The summed E-state index contributed by atoms with van der Waals surface area (Å²) < 4.78 is 3.85. The second-order valence-electron chi connectivity index (χ2n) is 5.84. The van der Waals surface area contributed by atoms with Crippen molar-refractivity contribution in [2.45, 2.75) is 32.9 Å². The molecule has 1 amide bonds. The van der Waals surface area contributed by atoms with Crippen molar-refractivity contribution < 1.29 is 4.79 Å². The maximum absolute atomic E-state index is 12.3. The van der Waals surface area contributed by atoms with Gasteiger partial charge in [0.15, 0.2) is 0 Å². The molecule has 124 valence electrons. The molecule has 1 atom stereocenters. The van der Waals surface area contributed by atoms with E-state index in [1.165, 1.54) is 0 Å². The van der Waals surface area contributed by atoms with Crippen molar-refractivity contribution in [3.05, 3.63) is 72.3 Å². The van der Waals surface area contributed by atoms with Crippen LogP contribution in [0.3, 0.4) is 0 Å². The molecule has 0 spiro atoms. The van der Waals surface area contributed by atoms with Crippen LogP contribution in [0, 0.1) is 0 Å². The van der Waals surface area contributed by atoms with E-state index in [1.807, 2.05) is 66.5 Å². The first-order chi connectivity index (χ1) is 11.7. The van der Waals surface area contributed by atoms with Crippen molar-refractivity contribution in [1.29, 1.82) is 0 Å². The Kier molecular flexibility index (Phi) is 4.79. The topological polar surface area (TPSA) is 51.9 Å². The Bertz CT molecular complexity index is 787. The molecule has 2 aromatic heterocycles. The van der Waals surface area contributed by atoms with E-state index in [0.717, 1.165) is 24.2 Å². The van der Waals surface area contributed by atoms with Gasteiger partial charge in [0.1, 0.15) is 5.69 Å². The van der Waals surface area contributed by atoms with Crippen LogP contribution in [0.25, 0.3) is 5.69 Å². The SMILES string of the molecule is CCCn1ccc(C(=O)NC(C)c2ccc(-n3cccc3)cc2)n1. The lowest BCUT2D eigenvalue weighted by atomic mass is 10.1. The molecule has 0 saturated heterocycles. The van der Waals surface area contributed by atoms with Crippen LogP contribution in [-0.4, -0.2) is 20.3 Å². The number of hydrogen-bond donors (Lipinski definition) is 1. The smallest absolute Gasteiger partial charge is 0.272 e. The van der Waals surface area contributed by atoms with Gasteiger partial charge in [-0.25, -0.2) is 0 Å². The van der Waals surface area contributed by atoms with Gasteiger partial charge in [0.05, 0.1) is 6.04 Å². The van der Waals surface area contributed by atoms with Gasteiger partial charge in [0.25, 0.3) is 5.91 Å². The summed E-state index contributed by atoms with van der Waals surface area (Å²) in [6.07, 6.45) is 6.85. The standard InChI is InChI=1S/C19H22N4O/c1-3-11-23-14-10-18(21-23)19(24)20-15(2)16-6-8-17(9-7-16)22-12-4-5-13-22/h4-10,12-15H,3,11H2,1-2H3,(H,20,24). The third-order valence-corrected chi connectivity index (χ3v) is 3.97. The zero-order chi connectivity index (χ0) is 16.9. The van der Waals surface area contributed by atoms with Crippen molar-refractivity contribution in [3.63, 3.8) is 0 Å². The Morgan fingerprint density at radius 3 is 2.50 bits per heavy atom. The second kappa shape index (κ2) is 7.17. The molecule has 2 heterocycles. The maximum atomic E-state index is 12.3. The van der Waals surface area contributed by atoms with E-state index in [4.69, 9.17) is 0 Å². The predicted molar refractivity (Wildman–Crippen MR) is 94.2 cm³/mol. The summed E-state index contributed by atoms with van der Waals surface area (Å²) in [5.41, 5.74) is 2.62. The molecule has 0 aliphatic heterocycles. The molecule has 0 bridgehead atoms. The highest BCUT2D eigenvalue weighted by Gasteiger charge is 2.14. The van der Waals surface area contributed by atoms with Gasteiger partial charge in [0.2, 0.25) is 0 Å². The third-order valence-electron chi connectivity index (χ3n) is 3.97. The minimum atomic E-state index is -0.146. The van der Waals surface area contributed by atoms with Crippen LogP contribution < -0.4 is 5.32 Å². The third kappa shape index (κ3) is 3.56. The highest BCUT2D eigenvalue weighted by molar-refractivity contribution is 5.92. The van der Waals surface area contributed by atoms with Gasteiger partial charge < -0.3 is 9.88 Å². The van der Waals surface area contributed by atoms with E-state index in [2.05, 4.69) is 17.3 Å². The maximum Gasteiger partial charge on any atom is 0.272 e. The summed E-state index contributed by atoms with van der Waals surface area (Å²) in [6.45, 7) is 4.89. The molecule has 0 aliphatic rings. The van der Waals surface area contributed by atoms with Crippen molar-refractivity contribution in [1.82, 2.24) is 19.7 Å². The minimum Gasteiger partial charge on any atom is -0.344 e. The zero-order valence-corrected chi connectivity index (χ0v) is 14.0. The highest BCUT2D eigenvalue weighted by Crippen LogP contribution is 2.16. The lowest BCUT2D eigenvalue weighted by molar-refractivity contribution is 0.0934. The fourth-order valence-electron chi connectivity index (χ4n) is 2.63. The monoisotopic (exact) mass is 322 g/mol. The Hall–Kier alpha value is -2.82. The van der Waals surface area contributed by atoms with Crippen LogP contribution in [0.4, 0.5) is 0 Å². The van der Waals surface area contributed by atoms with E-state index in [9.17, 15) is 4.79 Å². The normalized spacial score (nSPS) is 12.1. The molecule has 0 aliphatic carbocycles. The molecule has 1 unspecified atom stereocenters. The quantitative estimate of drug-likeness (QED) is 0.754. The van der Waals surface area contributed by atoms with Gasteiger partial charge in [-0.15, -0.1) is 0 Å².